The summed E-state index contributed by atoms with van der Waals surface area (Å²) < 4.78 is 0. The maximum absolute atomic E-state index is 9.99. The summed E-state index contributed by atoms with van der Waals surface area (Å²) in [5.74, 6) is 0. The van der Waals surface area contributed by atoms with Crippen LogP contribution in [0.2, 0.25) is 0 Å². The molecular weight excluding hydrogens is 232 g/mol. The average Bonchev–Trinajstić information content (AvgIpc) is 2.60. The van der Waals surface area contributed by atoms with Crippen molar-refractivity contribution in [3.63, 3.8) is 0 Å². The van der Waals surface area contributed by atoms with E-state index < -0.39 is 0 Å². The van der Waals surface area contributed by atoms with Crippen LogP contribution in [0.3, 0.4) is 0 Å². The van der Waals surface area contributed by atoms with E-state index in [-0.39, 0.29) is 6.10 Å². The lowest BCUT2D eigenvalue weighted by Gasteiger charge is -2.21. The number of nitrogens with zero attached hydrogens (tertiary/aromatic N) is 1. The molecule has 1 aromatic rings. The minimum absolute atomic E-state index is 0.153. The molecule has 2 N–H and O–H groups in total. The zero-order valence-electron chi connectivity index (χ0n) is 10.5. The Morgan fingerprint density at radius 1 is 1.41 bits per heavy atom. The van der Waals surface area contributed by atoms with E-state index in [1.165, 1.54) is 24.1 Å². The van der Waals surface area contributed by atoms with Gasteiger partial charge in [0.15, 0.2) is 0 Å². The number of aryl methyl sites for hydroxylation is 1. The maximum Gasteiger partial charge on any atom is 0.0797 e. The van der Waals surface area contributed by atoms with Crippen LogP contribution in [0, 0.1) is 6.92 Å². The van der Waals surface area contributed by atoms with E-state index in [1.54, 1.807) is 11.3 Å². The zero-order valence-corrected chi connectivity index (χ0v) is 11.3. The Hall–Kier alpha value is -0.450. The van der Waals surface area contributed by atoms with Gasteiger partial charge in [-0.15, -0.1) is 11.3 Å². The lowest BCUT2D eigenvalue weighted by atomic mass is 10.1. The van der Waals surface area contributed by atoms with Crippen molar-refractivity contribution in [3.8, 4) is 0 Å². The molecule has 0 amide bonds. The summed E-state index contributed by atoms with van der Waals surface area (Å²) in [5, 5.41) is 13.5. The molecule has 0 radical (unpaired) electrons. The van der Waals surface area contributed by atoms with Crippen molar-refractivity contribution in [1.29, 1.82) is 0 Å². The topological polar surface area (TPSA) is 45.2 Å². The quantitative estimate of drug-likeness (QED) is 0.810. The smallest absolute Gasteiger partial charge is 0.0797 e. The van der Waals surface area contributed by atoms with Crippen LogP contribution in [0.15, 0.2) is 5.51 Å². The standard InChI is InChI=1S/C13H22N2OS/c1-10-13(17-9-15-10)7-8-14-11-5-3-2-4-6-12(11)16/h9,11-12,14,16H,2-8H2,1H3. The molecule has 1 aromatic heterocycles. The first-order valence-corrected chi connectivity index (χ1v) is 7.46. The highest BCUT2D eigenvalue weighted by Gasteiger charge is 2.20. The van der Waals surface area contributed by atoms with E-state index in [9.17, 15) is 5.11 Å². The van der Waals surface area contributed by atoms with Gasteiger partial charge in [0.25, 0.3) is 0 Å². The van der Waals surface area contributed by atoms with Crippen LogP contribution in [0.4, 0.5) is 0 Å². The SMILES string of the molecule is Cc1ncsc1CCNC1CCCCCC1O. The monoisotopic (exact) mass is 254 g/mol. The van der Waals surface area contributed by atoms with Crippen LogP contribution >= 0.6 is 11.3 Å². The first-order valence-electron chi connectivity index (χ1n) is 6.58. The normalized spacial score (nSPS) is 25.8. The molecule has 2 rings (SSSR count). The molecule has 0 bridgehead atoms. The van der Waals surface area contributed by atoms with Crippen molar-refractivity contribution >= 4 is 11.3 Å². The second-order valence-corrected chi connectivity index (χ2v) is 5.82. The fourth-order valence-corrected chi connectivity index (χ4v) is 3.24. The van der Waals surface area contributed by atoms with Crippen molar-refractivity contribution in [2.75, 3.05) is 6.54 Å². The van der Waals surface area contributed by atoms with Gasteiger partial charge in [0.2, 0.25) is 0 Å². The highest BCUT2D eigenvalue weighted by Crippen LogP contribution is 2.18. The number of rotatable bonds is 4. The minimum Gasteiger partial charge on any atom is -0.392 e. The molecule has 0 aliphatic heterocycles. The Kier molecular flexibility index (Phi) is 4.95. The van der Waals surface area contributed by atoms with Gasteiger partial charge in [0, 0.05) is 17.5 Å². The molecule has 1 aliphatic rings. The van der Waals surface area contributed by atoms with E-state index in [0.717, 1.165) is 31.5 Å². The second-order valence-electron chi connectivity index (χ2n) is 4.88. The number of hydrogen-bond acceptors (Lipinski definition) is 4. The summed E-state index contributed by atoms with van der Waals surface area (Å²) in [5.41, 5.74) is 3.06. The Labute approximate surface area is 107 Å². The maximum atomic E-state index is 9.99. The van der Waals surface area contributed by atoms with Gasteiger partial charge in [-0.1, -0.05) is 19.3 Å². The fourth-order valence-electron chi connectivity index (χ4n) is 2.46. The zero-order chi connectivity index (χ0) is 12.1. The van der Waals surface area contributed by atoms with Crippen molar-refractivity contribution in [1.82, 2.24) is 10.3 Å². The number of aliphatic hydroxyl groups is 1. The number of aliphatic hydroxyl groups excluding tert-OH is 1. The van der Waals surface area contributed by atoms with E-state index >= 15 is 0 Å². The Bertz CT molecular complexity index is 340. The molecule has 2 atom stereocenters. The van der Waals surface area contributed by atoms with Gasteiger partial charge in [-0.25, -0.2) is 4.98 Å². The highest BCUT2D eigenvalue weighted by molar-refractivity contribution is 7.09. The molecule has 0 saturated heterocycles. The van der Waals surface area contributed by atoms with Gasteiger partial charge in [-0.05, 0) is 26.2 Å². The van der Waals surface area contributed by atoms with E-state index in [0.29, 0.717) is 6.04 Å². The molecule has 1 aliphatic carbocycles. The summed E-state index contributed by atoms with van der Waals surface area (Å²) in [6.07, 6.45) is 6.63. The third-order valence-corrected chi connectivity index (χ3v) is 4.58. The molecule has 0 aromatic carbocycles. The Morgan fingerprint density at radius 3 is 3.00 bits per heavy atom. The van der Waals surface area contributed by atoms with Crippen molar-refractivity contribution < 1.29 is 5.11 Å². The summed E-state index contributed by atoms with van der Waals surface area (Å²) in [6.45, 7) is 3.01. The molecule has 1 saturated carbocycles. The van der Waals surface area contributed by atoms with Gasteiger partial charge in [0.05, 0.1) is 17.3 Å². The second kappa shape index (κ2) is 6.47. The first kappa shape index (κ1) is 13.0. The number of nitrogens with one attached hydrogen (secondary N) is 1. The summed E-state index contributed by atoms with van der Waals surface area (Å²) in [7, 11) is 0. The third-order valence-electron chi connectivity index (χ3n) is 3.58. The molecule has 3 nitrogen and oxygen atoms in total. The number of aromatic nitrogens is 1. The van der Waals surface area contributed by atoms with Crippen LogP contribution in [0.25, 0.3) is 0 Å². The summed E-state index contributed by atoms with van der Waals surface area (Å²) >= 11 is 1.73. The van der Waals surface area contributed by atoms with Crippen molar-refractivity contribution in [3.05, 3.63) is 16.1 Å². The van der Waals surface area contributed by atoms with Crippen LogP contribution in [-0.2, 0) is 6.42 Å². The number of hydrogen-bond donors (Lipinski definition) is 2. The first-order chi connectivity index (χ1) is 8.27. The van der Waals surface area contributed by atoms with Crippen LogP contribution < -0.4 is 5.32 Å². The van der Waals surface area contributed by atoms with Crippen molar-refractivity contribution in [2.45, 2.75) is 57.6 Å². The minimum atomic E-state index is -0.153. The molecule has 1 fully saturated rings. The van der Waals surface area contributed by atoms with Gasteiger partial charge >= 0.3 is 0 Å². The molecule has 17 heavy (non-hydrogen) atoms. The third kappa shape index (κ3) is 3.76. The lowest BCUT2D eigenvalue weighted by molar-refractivity contribution is 0.120. The fraction of sp³-hybridized carbons (Fsp3) is 0.769. The average molecular weight is 254 g/mol. The predicted molar refractivity (Wildman–Crippen MR) is 71.4 cm³/mol. The summed E-state index contributed by atoms with van der Waals surface area (Å²) in [6, 6.07) is 0.297. The molecule has 96 valence electrons. The van der Waals surface area contributed by atoms with E-state index in [4.69, 9.17) is 0 Å². The molecular formula is C13H22N2OS. The highest BCUT2D eigenvalue weighted by atomic mass is 32.1. The van der Waals surface area contributed by atoms with Crippen LogP contribution in [0.5, 0.6) is 0 Å². The molecule has 0 spiro atoms. The van der Waals surface area contributed by atoms with Gasteiger partial charge in [-0.3, -0.25) is 0 Å². The Morgan fingerprint density at radius 2 is 2.24 bits per heavy atom. The van der Waals surface area contributed by atoms with Gasteiger partial charge in [-0.2, -0.15) is 0 Å². The van der Waals surface area contributed by atoms with E-state index in [2.05, 4.69) is 17.2 Å². The molecule has 1 heterocycles. The largest absolute Gasteiger partial charge is 0.392 e. The van der Waals surface area contributed by atoms with Crippen molar-refractivity contribution in [2.24, 2.45) is 0 Å². The number of thiazole rings is 1. The summed E-state index contributed by atoms with van der Waals surface area (Å²) in [4.78, 5) is 5.62. The van der Waals surface area contributed by atoms with Gasteiger partial charge < -0.3 is 10.4 Å². The van der Waals surface area contributed by atoms with Crippen LogP contribution in [0.1, 0.15) is 42.7 Å². The molecule has 4 heteroatoms. The molecule has 2 unspecified atom stereocenters. The van der Waals surface area contributed by atoms with Gasteiger partial charge in [0.1, 0.15) is 0 Å². The predicted octanol–water partition coefficient (Wildman–Crippen LogP) is 2.28. The Balaban J connectivity index is 1.75. The lowest BCUT2D eigenvalue weighted by Crippen LogP contribution is -2.40. The van der Waals surface area contributed by atoms with Crippen LogP contribution in [-0.4, -0.2) is 28.8 Å². The van der Waals surface area contributed by atoms with E-state index in [1.807, 2.05) is 5.51 Å².